The molecule has 2 aromatic carbocycles. The molecule has 1 aliphatic heterocycles. The fourth-order valence-electron chi connectivity index (χ4n) is 4.41. The lowest BCUT2D eigenvalue weighted by molar-refractivity contribution is -0.127. The van der Waals surface area contributed by atoms with Gasteiger partial charge in [0, 0.05) is 12.6 Å². The SMILES string of the molecule is CC(C)CCN1C(=O)C(C)(C)COc2cc(NS(=O)(=O)c3ccc4c(c3)CCCC4)ccc21. The van der Waals surface area contributed by atoms with Crippen molar-refractivity contribution in [1.82, 2.24) is 0 Å². The highest BCUT2D eigenvalue weighted by Gasteiger charge is 2.37. The summed E-state index contributed by atoms with van der Waals surface area (Å²) in [4.78, 5) is 15.2. The summed E-state index contributed by atoms with van der Waals surface area (Å²) in [6, 6.07) is 10.6. The highest BCUT2D eigenvalue weighted by Crippen LogP contribution is 2.39. The zero-order valence-corrected chi connectivity index (χ0v) is 20.8. The maximum atomic E-state index is 13.2. The van der Waals surface area contributed by atoms with Crippen LogP contribution in [0.4, 0.5) is 11.4 Å². The Kier molecular flexibility index (Phi) is 6.45. The predicted molar refractivity (Wildman–Crippen MR) is 131 cm³/mol. The third-order valence-corrected chi connectivity index (χ3v) is 7.85. The van der Waals surface area contributed by atoms with Gasteiger partial charge in [0.05, 0.1) is 21.7 Å². The predicted octanol–water partition coefficient (Wildman–Crippen LogP) is 5.16. The van der Waals surface area contributed by atoms with Gasteiger partial charge in [-0.3, -0.25) is 9.52 Å². The van der Waals surface area contributed by atoms with E-state index in [-0.39, 0.29) is 17.4 Å². The Bertz CT molecular complexity index is 1150. The molecular formula is C26H34N2O4S. The monoisotopic (exact) mass is 470 g/mol. The summed E-state index contributed by atoms with van der Waals surface area (Å²) in [6.07, 6.45) is 5.04. The van der Waals surface area contributed by atoms with Gasteiger partial charge in [-0.05, 0) is 87.3 Å². The summed E-state index contributed by atoms with van der Waals surface area (Å²) in [5, 5.41) is 0. The minimum absolute atomic E-state index is 0.0179. The average molecular weight is 471 g/mol. The molecule has 0 unspecified atom stereocenters. The van der Waals surface area contributed by atoms with E-state index in [0.717, 1.165) is 37.7 Å². The Morgan fingerprint density at radius 1 is 1.06 bits per heavy atom. The second-order valence-electron chi connectivity index (χ2n) is 10.2. The lowest BCUT2D eigenvalue weighted by atomic mass is 9.92. The molecule has 0 aromatic heterocycles. The van der Waals surface area contributed by atoms with Gasteiger partial charge in [0.1, 0.15) is 12.4 Å². The summed E-state index contributed by atoms with van der Waals surface area (Å²) < 4.78 is 34.9. The van der Waals surface area contributed by atoms with Crippen LogP contribution in [-0.4, -0.2) is 27.5 Å². The fourth-order valence-corrected chi connectivity index (χ4v) is 5.51. The van der Waals surface area contributed by atoms with Crippen LogP contribution in [0.2, 0.25) is 0 Å². The molecule has 0 fully saturated rings. The molecule has 1 aliphatic carbocycles. The molecule has 0 saturated heterocycles. The molecule has 178 valence electrons. The first-order valence-electron chi connectivity index (χ1n) is 11.8. The van der Waals surface area contributed by atoms with Crippen LogP contribution in [0.3, 0.4) is 0 Å². The van der Waals surface area contributed by atoms with Crippen LogP contribution < -0.4 is 14.4 Å². The van der Waals surface area contributed by atoms with E-state index in [9.17, 15) is 13.2 Å². The third kappa shape index (κ3) is 5.03. The van der Waals surface area contributed by atoms with Gasteiger partial charge >= 0.3 is 0 Å². The van der Waals surface area contributed by atoms with Crippen molar-refractivity contribution in [1.29, 1.82) is 0 Å². The van der Waals surface area contributed by atoms with Crippen LogP contribution in [0.5, 0.6) is 5.75 Å². The number of carbonyl (C=O) groups excluding carboxylic acids is 1. The van der Waals surface area contributed by atoms with Crippen molar-refractivity contribution < 1.29 is 17.9 Å². The van der Waals surface area contributed by atoms with Crippen molar-refractivity contribution in [3.05, 3.63) is 47.5 Å². The highest BCUT2D eigenvalue weighted by atomic mass is 32.2. The summed E-state index contributed by atoms with van der Waals surface area (Å²) in [7, 11) is -3.74. The van der Waals surface area contributed by atoms with Crippen molar-refractivity contribution in [2.45, 2.75) is 64.7 Å². The number of benzene rings is 2. The van der Waals surface area contributed by atoms with Crippen LogP contribution >= 0.6 is 0 Å². The zero-order chi connectivity index (χ0) is 23.8. The van der Waals surface area contributed by atoms with Gasteiger partial charge in [-0.15, -0.1) is 0 Å². The lowest BCUT2D eigenvalue weighted by Gasteiger charge is -2.28. The molecule has 4 rings (SSSR count). The van der Waals surface area contributed by atoms with Crippen molar-refractivity contribution >= 4 is 27.3 Å². The second kappa shape index (κ2) is 9.01. The van der Waals surface area contributed by atoms with Gasteiger partial charge in [-0.2, -0.15) is 0 Å². The Balaban J connectivity index is 1.62. The lowest BCUT2D eigenvalue weighted by Crippen LogP contribution is -2.42. The van der Waals surface area contributed by atoms with Crippen molar-refractivity contribution in [2.24, 2.45) is 11.3 Å². The fraction of sp³-hybridized carbons (Fsp3) is 0.500. The number of hydrogen-bond donors (Lipinski definition) is 1. The molecule has 33 heavy (non-hydrogen) atoms. The van der Waals surface area contributed by atoms with Gasteiger partial charge in [0.25, 0.3) is 10.0 Å². The smallest absolute Gasteiger partial charge is 0.261 e. The van der Waals surface area contributed by atoms with Gasteiger partial charge in [0.15, 0.2) is 0 Å². The molecule has 1 amide bonds. The van der Waals surface area contributed by atoms with Gasteiger partial charge in [-0.25, -0.2) is 8.42 Å². The molecule has 0 atom stereocenters. The highest BCUT2D eigenvalue weighted by molar-refractivity contribution is 7.92. The number of hydrogen-bond acceptors (Lipinski definition) is 4. The molecule has 0 bridgehead atoms. The number of nitrogens with zero attached hydrogens (tertiary/aromatic N) is 1. The van der Waals surface area contributed by atoms with Crippen LogP contribution in [0, 0.1) is 11.3 Å². The number of aryl methyl sites for hydroxylation is 2. The number of amides is 1. The summed E-state index contributed by atoms with van der Waals surface area (Å²) in [6.45, 7) is 8.84. The van der Waals surface area contributed by atoms with E-state index in [1.165, 1.54) is 5.56 Å². The van der Waals surface area contributed by atoms with E-state index >= 15 is 0 Å². The average Bonchev–Trinajstić information content (AvgIpc) is 2.86. The number of fused-ring (bicyclic) bond motifs is 2. The van der Waals surface area contributed by atoms with E-state index in [0.29, 0.717) is 29.6 Å². The molecule has 6 nitrogen and oxygen atoms in total. The summed E-state index contributed by atoms with van der Waals surface area (Å²) in [5.41, 5.74) is 2.80. The molecule has 0 radical (unpaired) electrons. The second-order valence-corrected chi connectivity index (χ2v) is 11.9. The van der Waals surface area contributed by atoms with Crippen molar-refractivity contribution in [2.75, 3.05) is 22.8 Å². The van der Waals surface area contributed by atoms with E-state index in [2.05, 4.69) is 18.6 Å². The Morgan fingerprint density at radius 2 is 1.79 bits per heavy atom. The Hall–Kier alpha value is -2.54. The van der Waals surface area contributed by atoms with E-state index in [4.69, 9.17) is 4.74 Å². The normalized spacial score (nSPS) is 17.7. The molecule has 7 heteroatoms. The largest absolute Gasteiger partial charge is 0.490 e. The van der Waals surface area contributed by atoms with E-state index in [1.54, 1.807) is 35.2 Å². The van der Waals surface area contributed by atoms with Crippen LogP contribution in [0.25, 0.3) is 0 Å². The first-order valence-corrected chi connectivity index (χ1v) is 13.3. The van der Waals surface area contributed by atoms with Crippen molar-refractivity contribution in [3.8, 4) is 5.75 Å². The quantitative estimate of drug-likeness (QED) is 0.632. The first-order chi connectivity index (χ1) is 15.6. The van der Waals surface area contributed by atoms with E-state index in [1.807, 2.05) is 19.9 Å². The van der Waals surface area contributed by atoms with Crippen LogP contribution in [0.15, 0.2) is 41.3 Å². The molecule has 2 aromatic rings. The number of carbonyl (C=O) groups is 1. The number of anilines is 2. The van der Waals surface area contributed by atoms with Gasteiger partial charge in [-0.1, -0.05) is 19.9 Å². The van der Waals surface area contributed by atoms with Crippen molar-refractivity contribution in [3.63, 3.8) is 0 Å². The Morgan fingerprint density at radius 3 is 2.52 bits per heavy atom. The molecule has 0 spiro atoms. The first kappa shape index (κ1) is 23.6. The van der Waals surface area contributed by atoms with Crippen LogP contribution in [-0.2, 0) is 27.7 Å². The maximum absolute atomic E-state index is 13.2. The number of rotatable bonds is 6. The number of ether oxygens (including phenoxy) is 1. The molecule has 2 aliphatic rings. The Labute approximate surface area is 197 Å². The summed E-state index contributed by atoms with van der Waals surface area (Å²) >= 11 is 0. The van der Waals surface area contributed by atoms with E-state index < -0.39 is 15.4 Å². The minimum Gasteiger partial charge on any atom is -0.490 e. The van der Waals surface area contributed by atoms with Crippen LogP contribution in [0.1, 0.15) is 58.1 Å². The molecular weight excluding hydrogens is 436 g/mol. The molecule has 0 saturated carbocycles. The third-order valence-electron chi connectivity index (χ3n) is 6.48. The summed E-state index contributed by atoms with van der Waals surface area (Å²) in [5.74, 6) is 0.990. The zero-order valence-electron chi connectivity index (χ0n) is 20.0. The number of sulfonamides is 1. The molecule has 1 heterocycles. The number of nitrogens with one attached hydrogen (secondary N) is 1. The van der Waals surface area contributed by atoms with Gasteiger partial charge in [0.2, 0.25) is 5.91 Å². The van der Waals surface area contributed by atoms with Gasteiger partial charge < -0.3 is 9.64 Å². The topological polar surface area (TPSA) is 75.7 Å². The maximum Gasteiger partial charge on any atom is 0.261 e. The standard InChI is InChI=1S/C26H34N2O4S/c1-18(2)13-14-28-23-12-10-21(16-24(23)32-17-26(3,4)25(28)29)27-33(30,31)22-11-9-19-7-5-6-8-20(19)15-22/h9-12,15-16,18,27H,5-8,13-14,17H2,1-4H3. The molecule has 1 N–H and O–H groups in total. The minimum atomic E-state index is -3.74.